The van der Waals surface area contributed by atoms with Crippen molar-refractivity contribution < 1.29 is 85.7 Å². The van der Waals surface area contributed by atoms with Gasteiger partial charge in [-0.3, -0.25) is 33.6 Å². The summed E-state index contributed by atoms with van der Waals surface area (Å²) in [5.74, 6) is -5.71. The molecule has 19 heteroatoms. The lowest BCUT2D eigenvalue weighted by atomic mass is 9.96. The molecule has 0 spiro atoms. The summed E-state index contributed by atoms with van der Waals surface area (Å²) in [6.45, 7) is 7.34. The van der Waals surface area contributed by atoms with Gasteiger partial charge >= 0.3 is 41.8 Å². The first kappa shape index (κ1) is 45.2. The molecule has 2 heterocycles. The van der Waals surface area contributed by atoms with Crippen molar-refractivity contribution in [1.29, 1.82) is 0 Å². The predicted molar refractivity (Wildman–Crippen MR) is 176 cm³/mol. The second kappa shape index (κ2) is 23.0. The molecule has 19 nitrogen and oxygen atoms in total. The van der Waals surface area contributed by atoms with E-state index in [1.807, 2.05) is 0 Å². The zero-order chi connectivity index (χ0) is 39.7. The average Bonchev–Trinajstić information content (AvgIpc) is 3.04. The highest BCUT2D eigenvalue weighted by atomic mass is 16.8. The number of unbranched alkanes of at least 4 members (excludes halogenated alkanes) is 5. The van der Waals surface area contributed by atoms with Gasteiger partial charge in [-0.05, 0) is 19.4 Å². The summed E-state index contributed by atoms with van der Waals surface area (Å²) in [5.41, 5.74) is 5.56. The van der Waals surface area contributed by atoms with Gasteiger partial charge in [-0.15, -0.1) is 0 Å². The van der Waals surface area contributed by atoms with Crippen molar-refractivity contribution in [2.24, 2.45) is 5.73 Å². The molecule has 10 atom stereocenters. The van der Waals surface area contributed by atoms with E-state index in [0.29, 0.717) is 13.0 Å². The highest BCUT2D eigenvalue weighted by Gasteiger charge is 2.57. The maximum Gasteiger partial charge on any atom is 0.303 e. The molecular formula is C34H53NO18. The van der Waals surface area contributed by atoms with Gasteiger partial charge in [-0.25, -0.2) is 0 Å². The third-order valence-corrected chi connectivity index (χ3v) is 7.77. The minimum absolute atomic E-state index is 0.150. The average molecular weight is 764 g/mol. The molecule has 0 aromatic rings. The molecule has 53 heavy (non-hydrogen) atoms. The van der Waals surface area contributed by atoms with Crippen LogP contribution in [0.2, 0.25) is 0 Å². The molecule has 0 aromatic heterocycles. The Morgan fingerprint density at radius 2 is 0.830 bits per heavy atom. The molecule has 0 saturated carbocycles. The number of nitrogens with two attached hydrogens (primary N) is 1. The smallest absolute Gasteiger partial charge is 0.303 e. The van der Waals surface area contributed by atoms with Crippen LogP contribution in [0.1, 0.15) is 87.0 Å². The lowest BCUT2D eigenvalue weighted by Crippen LogP contribution is -2.67. The maximum atomic E-state index is 12.5. The summed E-state index contributed by atoms with van der Waals surface area (Å²) in [6.07, 6.45) is -9.83. The molecule has 0 bridgehead atoms. The van der Waals surface area contributed by atoms with Gasteiger partial charge in [0.05, 0.1) is 0 Å². The molecule has 0 aromatic carbocycles. The standard InChI is InChI=1S/C34H53NO18/c1-18(36)44-16-25-27(46-20(3)38)29(47-21(4)39)32(50-24(7)42)34(52-25)53-28-26(17-45-19(2)37)51-33(43-15-13-11-9-8-10-12-14-35)31(49-23(6)41)30(28)48-22(5)40/h25-34H,8-17,35H2,1-7H3/t25-,26-,27+,28-,29+,30+,31-,32-,33-,34+/m1/s1. The molecule has 2 aliphatic rings. The van der Waals surface area contributed by atoms with Gasteiger partial charge in [0.2, 0.25) is 0 Å². The summed E-state index contributed by atoms with van der Waals surface area (Å²) >= 11 is 0. The molecule has 302 valence electrons. The molecule has 2 fully saturated rings. The van der Waals surface area contributed by atoms with E-state index >= 15 is 0 Å². The van der Waals surface area contributed by atoms with Gasteiger partial charge in [0, 0.05) is 55.1 Å². The minimum Gasteiger partial charge on any atom is -0.463 e. The monoisotopic (exact) mass is 763 g/mol. The van der Waals surface area contributed by atoms with Crippen LogP contribution < -0.4 is 5.73 Å². The molecule has 2 aliphatic heterocycles. The molecule has 2 N–H and O–H groups in total. The van der Waals surface area contributed by atoms with Crippen LogP contribution in [0.15, 0.2) is 0 Å². The third kappa shape index (κ3) is 15.9. The summed E-state index contributed by atoms with van der Waals surface area (Å²) in [5, 5.41) is 0. The van der Waals surface area contributed by atoms with Crippen molar-refractivity contribution >= 4 is 41.8 Å². The highest BCUT2D eigenvalue weighted by Crippen LogP contribution is 2.35. The Balaban J connectivity index is 2.59. The van der Waals surface area contributed by atoms with Crippen molar-refractivity contribution in [2.45, 2.75) is 148 Å². The van der Waals surface area contributed by atoms with Crippen molar-refractivity contribution in [1.82, 2.24) is 0 Å². The SMILES string of the molecule is CC(=O)OC[C@H]1O[C@@H](O[C@H]2[C@H](OC(C)=O)[C@@H](OC(C)=O)[C@H](OCCCCCCCCN)O[C@@H]2COC(C)=O)[C@H](OC(C)=O)[C@@H](OC(C)=O)[C@H]1OC(C)=O. The molecule has 0 aliphatic carbocycles. The van der Waals surface area contributed by atoms with Crippen LogP contribution in [-0.4, -0.2) is 130 Å². The number of carbonyl (C=O) groups excluding carboxylic acids is 7. The number of esters is 7. The van der Waals surface area contributed by atoms with E-state index in [9.17, 15) is 33.6 Å². The highest BCUT2D eigenvalue weighted by molar-refractivity contribution is 5.69. The van der Waals surface area contributed by atoms with Crippen molar-refractivity contribution in [3.8, 4) is 0 Å². The predicted octanol–water partition coefficient (Wildman–Crippen LogP) is 0.922. The summed E-state index contributed by atoms with van der Waals surface area (Å²) < 4.78 is 62.6. The zero-order valence-electron chi connectivity index (χ0n) is 31.3. The van der Waals surface area contributed by atoms with Gasteiger partial charge in [-0.1, -0.05) is 25.7 Å². The first-order valence-electron chi connectivity index (χ1n) is 17.4. The number of hydrogen-bond donors (Lipinski definition) is 1. The van der Waals surface area contributed by atoms with E-state index in [4.69, 9.17) is 57.8 Å². The van der Waals surface area contributed by atoms with Crippen LogP contribution in [-0.2, 0) is 85.7 Å². The normalized spacial score (nSPS) is 28.2. The van der Waals surface area contributed by atoms with Gasteiger partial charge < -0.3 is 57.8 Å². The van der Waals surface area contributed by atoms with Gasteiger partial charge in [0.15, 0.2) is 43.1 Å². The number of rotatable bonds is 20. The Hall–Kier alpha value is -3.91. The molecule has 2 rings (SSSR count). The van der Waals surface area contributed by atoms with Gasteiger partial charge in [0.1, 0.15) is 31.5 Å². The van der Waals surface area contributed by atoms with Crippen LogP contribution in [0.5, 0.6) is 0 Å². The van der Waals surface area contributed by atoms with Crippen molar-refractivity contribution in [3.05, 3.63) is 0 Å². The third-order valence-electron chi connectivity index (χ3n) is 7.77. The minimum atomic E-state index is -1.77. The second-order valence-electron chi connectivity index (χ2n) is 12.4. The van der Waals surface area contributed by atoms with Crippen LogP contribution in [0.25, 0.3) is 0 Å². The second-order valence-corrected chi connectivity index (χ2v) is 12.4. The van der Waals surface area contributed by atoms with Crippen LogP contribution in [0.4, 0.5) is 0 Å². The summed E-state index contributed by atoms with van der Waals surface area (Å²) in [4.78, 5) is 85.6. The Morgan fingerprint density at radius 1 is 0.453 bits per heavy atom. The fourth-order valence-electron chi connectivity index (χ4n) is 5.76. The number of hydrogen-bond acceptors (Lipinski definition) is 19. The summed E-state index contributed by atoms with van der Waals surface area (Å²) in [7, 11) is 0. The number of ether oxygens (including phenoxy) is 11. The molecule has 0 radical (unpaired) electrons. The zero-order valence-corrected chi connectivity index (χ0v) is 31.3. The van der Waals surface area contributed by atoms with Crippen LogP contribution >= 0.6 is 0 Å². The molecular weight excluding hydrogens is 710 g/mol. The first-order valence-corrected chi connectivity index (χ1v) is 17.4. The Labute approximate surface area is 307 Å². The van der Waals surface area contributed by atoms with Gasteiger partial charge in [-0.2, -0.15) is 0 Å². The Kier molecular flexibility index (Phi) is 19.6. The Bertz CT molecular complexity index is 1240. The first-order chi connectivity index (χ1) is 25.0. The quantitative estimate of drug-likeness (QED) is 0.103. The lowest BCUT2D eigenvalue weighted by molar-refractivity contribution is -0.361. The fourth-order valence-corrected chi connectivity index (χ4v) is 5.76. The summed E-state index contributed by atoms with van der Waals surface area (Å²) in [6, 6.07) is 0. The lowest BCUT2D eigenvalue weighted by Gasteiger charge is -2.48. The van der Waals surface area contributed by atoms with Crippen LogP contribution in [0, 0.1) is 0 Å². The Morgan fingerprint density at radius 3 is 1.30 bits per heavy atom. The van der Waals surface area contributed by atoms with Crippen molar-refractivity contribution in [2.75, 3.05) is 26.4 Å². The maximum absolute atomic E-state index is 12.5. The fraction of sp³-hybridized carbons (Fsp3) is 0.794. The van der Waals surface area contributed by atoms with Crippen molar-refractivity contribution in [3.63, 3.8) is 0 Å². The molecule has 2 saturated heterocycles. The topological polar surface area (TPSA) is 247 Å². The van der Waals surface area contributed by atoms with E-state index < -0.39 is 116 Å². The molecule has 0 unspecified atom stereocenters. The number of carbonyl (C=O) groups is 7. The van der Waals surface area contributed by atoms with Gasteiger partial charge in [0.25, 0.3) is 0 Å². The van der Waals surface area contributed by atoms with E-state index in [1.54, 1.807) is 0 Å². The van der Waals surface area contributed by atoms with E-state index in [-0.39, 0.29) is 6.61 Å². The van der Waals surface area contributed by atoms with E-state index in [2.05, 4.69) is 0 Å². The molecule has 0 amide bonds. The van der Waals surface area contributed by atoms with E-state index in [0.717, 1.165) is 80.6 Å². The van der Waals surface area contributed by atoms with Crippen LogP contribution in [0.3, 0.4) is 0 Å². The van der Waals surface area contributed by atoms with E-state index in [1.165, 1.54) is 0 Å². The largest absolute Gasteiger partial charge is 0.463 e.